The summed E-state index contributed by atoms with van der Waals surface area (Å²) in [6.45, 7) is 2.52. The summed E-state index contributed by atoms with van der Waals surface area (Å²) < 4.78 is 11.3. The number of hydrogen-bond acceptors (Lipinski definition) is 3. The van der Waals surface area contributed by atoms with Crippen molar-refractivity contribution in [3.05, 3.63) is 93.0 Å². The lowest BCUT2D eigenvalue weighted by atomic mass is 10.1. The van der Waals surface area contributed by atoms with Gasteiger partial charge in [0.05, 0.1) is 7.11 Å². The monoisotopic (exact) mass is 429 g/mol. The Labute approximate surface area is 180 Å². The molecule has 3 aromatic carbocycles. The molecule has 0 aliphatic rings. The molecule has 0 fully saturated rings. The Morgan fingerprint density at radius 2 is 1.76 bits per heavy atom. The van der Waals surface area contributed by atoms with Crippen molar-refractivity contribution in [1.29, 1.82) is 0 Å². The number of nitrogens with one attached hydrogen (secondary N) is 1. The number of carbonyl (C=O) groups excluding carboxylic acids is 1. The van der Waals surface area contributed by atoms with Crippen molar-refractivity contribution < 1.29 is 14.3 Å². The minimum Gasteiger partial charge on any atom is -0.496 e. The Bertz CT molecular complexity index is 1020. The number of aryl methyl sites for hydroxylation is 1. The van der Waals surface area contributed by atoms with E-state index in [-0.39, 0.29) is 12.5 Å². The van der Waals surface area contributed by atoms with Gasteiger partial charge in [0.15, 0.2) is 0 Å². The Morgan fingerprint density at radius 3 is 2.48 bits per heavy atom. The lowest BCUT2D eigenvalue weighted by Gasteiger charge is -2.13. The Kier molecular flexibility index (Phi) is 7.02. The van der Waals surface area contributed by atoms with Crippen LogP contribution < -0.4 is 14.8 Å². The molecule has 4 nitrogen and oxygen atoms in total. The maximum Gasteiger partial charge on any atom is 0.251 e. The molecule has 0 spiro atoms. The number of amides is 1. The smallest absolute Gasteiger partial charge is 0.251 e. The molecule has 3 rings (SSSR count). The minimum atomic E-state index is -0.198. The van der Waals surface area contributed by atoms with Crippen molar-refractivity contribution in [3.63, 3.8) is 0 Å². The summed E-state index contributed by atoms with van der Waals surface area (Å²) >= 11 is 12.2. The van der Waals surface area contributed by atoms with Gasteiger partial charge in [0, 0.05) is 27.7 Å². The molecule has 0 unspecified atom stereocenters. The Balaban J connectivity index is 1.71. The van der Waals surface area contributed by atoms with Crippen molar-refractivity contribution >= 4 is 29.1 Å². The molecule has 0 bridgehead atoms. The molecule has 29 heavy (non-hydrogen) atoms. The lowest BCUT2D eigenvalue weighted by molar-refractivity contribution is 0.0950. The zero-order valence-corrected chi connectivity index (χ0v) is 17.7. The first-order valence-electron chi connectivity index (χ1n) is 9.05. The molecule has 0 aliphatic heterocycles. The van der Waals surface area contributed by atoms with Crippen LogP contribution in [0.25, 0.3) is 0 Å². The Hall–Kier alpha value is -2.69. The lowest BCUT2D eigenvalue weighted by Crippen LogP contribution is -2.23. The molecule has 0 aromatic heterocycles. The van der Waals surface area contributed by atoms with Crippen LogP contribution in [0, 0.1) is 6.92 Å². The van der Waals surface area contributed by atoms with Crippen molar-refractivity contribution in [2.24, 2.45) is 0 Å². The molecule has 6 heteroatoms. The minimum absolute atomic E-state index is 0.198. The highest BCUT2D eigenvalue weighted by Crippen LogP contribution is 2.25. The van der Waals surface area contributed by atoms with Gasteiger partial charge in [-0.25, -0.2) is 0 Å². The van der Waals surface area contributed by atoms with Crippen LogP contribution in [0.1, 0.15) is 27.0 Å². The molecule has 3 aromatic rings. The van der Waals surface area contributed by atoms with E-state index in [1.54, 1.807) is 37.4 Å². The normalized spacial score (nSPS) is 10.5. The van der Waals surface area contributed by atoms with Crippen LogP contribution in [0.3, 0.4) is 0 Å². The van der Waals surface area contributed by atoms with Crippen LogP contribution in [0.5, 0.6) is 11.5 Å². The number of carbonyl (C=O) groups is 1. The molecule has 1 amide bonds. The number of rotatable bonds is 7. The molecule has 0 heterocycles. The van der Waals surface area contributed by atoms with Crippen LogP contribution in [0.4, 0.5) is 0 Å². The van der Waals surface area contributed by atoms with Gasteiger partial charge in [-0.15, -0.1) is 0 Å². The zero-order valence-electron chi connectivity index (χ0n) is 16.2. The molecule has 0 saturated carbocycles. The van der Waals surface area contributed by atoms with Crippen LogP contribution in [0.2, 0.25) is 10.0 Å². The summed E-state index contributed by atoms with van der Waals surface area (Å²) in [5, 5.41) is 4.20. The van der Waals surface area contributed by atoms with E-state index >= 15 is 0 Å². The second-order valence-corrected chi connectivity index (χ2v) is 7.31. The van der Waals surface area contributed by atoms with Gasteiger partial charge in [0.2, 0.25) is 0 Å². The SMILES string of the molecule is COc1ccc(C(=O)NCc2ccccc2Cl)cc1COc1ccc(Cl)c(C)c1. The highest BCUT2D eigenvalue weighted by molar-refractivity contribution is 6.31. The predicted octanol–water partition coefficient (Wildman–Crippen LogP) is 5.82. The van der Waals surface area contributed by atoms with Gasteiger partial charge in [0.25, 0.3) is 5.91 Å². The van der Waals surface area contributed by atoms with Crippen molar-refractivity contribution in [1.82, 2.24) is 5.32 Å². The Morgan fingerprint density at radius 1 is 0.966 bits per heavy atom. The predicted molar refractivity (Wildman–Crippen MR) is 116 cm³/mol. The van der Waals surface area contributed by atoms with E-state index in [1.165, 1.54) is 0 Å². The maximum absolute atomic E-state index is 12.6. The van der Waals surface area contributed by atoms with Crippen LogP contribution in [-0.4, -0.2) is 13.0 Å². The van der Waals surface area contributed by atoms with E-state index in [2.05, 4.69) is 5.32 Å². The fraction of sp³-hybridized carbons (Fsp3) is 0.174. The van der Waals surface area contributed by atoms with Gasteiger partial charge in [-0.2, -0.15) is 0 Å². The molecule has 0 atom stereocenters. The second kappa shape index (κ2) is 9.68. The second-order valence-electron chi connectivity index (χ2n) is 6.50. The van der Waals surface area contributed by atoms with E-state index in [9.17, 15) is 4.79 Å². The fourth-order valence-corrected chi connectivity index (χ4v) is 3.14. The number of ether oxygens (including phenoxy) is 2. The van der Waals surface area contributed by atoms with Gasteiger partial charge in [-0.1, -0.05) is 41.4 Å². The largest absolute Gasteiger partial charge is 0.496 e. The third kappa shape index (κ3) is 5.43. The third-order valence-corrected chi connectivity index (χ3v) is 5.26. The van der Waals surface area contributed by atoms with Crippen molar-refractivity contribution in [3.8, 4) is 11.5 Å². The van der Waals surface area contributed by atoms with E-state index in [0.717, 1.165) is 16.7 Å². The highest BCUT2D eigenvalue weighted by Gasteiger charge is 2.12. The zero-order chi connectivity index (χ0) is 20.8. The summed E-state index contributed by atoms with van der Waals surface area (Å²) in [6, 6.07) is 18.1. The fourth-order valence-electron chi connectivity index (χ4n) is 2.82. The molecule has 0 saturated heterocycles. The van der Waals surface area contributed by atoms with Crippen LogP contribution in [-0.2, 0) is 13.2 Å². The first-order chi connectivity index (χ1) is 14.0. The number of methoxy groups -OCH3 is 1. The van der Waals surface area contributed by atoms with Gasteiger partial charge < -0.3 is 14.8 Å². The van der Waals surface area contributed by atoms with E-state index < -0.39 is 0 Å². The average molecular weight is 430 g/mol. The number of halogens is 2. The van der Waals surface area contributed by atoms with Crippen LogP contribution in [0.15, 0.2) is 60.7 Å². The molecule has 0 aliphatic carbocycles. The molecule has 150 valence electrons. The van der Waals surface area contributed by atoms with Gasteiger partial charge >= 0.3 is 0 Å². The van der Waals surface area contributed by atoms with Crippen molar-refractivity contribution in [2.75, 3.05) is 7.11 Å². The van der Waals surface area contributed by atoms with Gasteiger partial charge in [0.1, 0.15) is 18.1 Å². The van der Waals surface area contributed by atoms with Gasteiger partial charge in [-0.3, -0.25) is 4.79 Å². The molecular formula is C23H21Cl2NO3. The van der Waals surface area contributed by atoms with Crippen LogP contribution >= 0.6 is 23.2 Å². The van der Waals surface area contributed by atoms with E-state index in [4.69, 9.17) is 32.7 Å². The quantitative estimate of drug-likeness (QED) is 0.514. The summed E-state index contributed by atoms with van der Waals surface area (Å²) in [4.78, 5) is 12.6. The standard InChI is InChI=1S/C23H21Cl2NO3/c1-15-11-19(8-9-20(15)24)29-14-18-12-16(7-10-22(18)28-2)23(27)26-13-17-5-3-4-6-21(17)25/h3-12H,13-14H2,1-2H3,(H,26,27). The third-order valence-electron chi connectivity index (χ3n) is 4.46. The topological polar surface area (TPSA) is 47.6 Å². The first-order valence-corrected chi connectivity index (χ1v) is 9.81. The van der Waals surface area contributed by atoms with Gasteiger partial charge in [-0.05, 0) is 60.5 Å². The average Bonchev–Trinajstić information content (AvgIpc) is 2.73. The number of hydrogen-bond donors (Lipinski definition) is 1. The van der Waals surface area contributed by atoms with Crippen molar-refractivity contribution in [2.45, 2.75) is 20.1 Å². The van der Waals surface area contributed by atoms with E-state index in [1.807, 2.05) is 37.3 Å². The molecule has 0 radical (unpaired) electrons. The number of benzene rings is 3. The highest BCUT2D eigenvalue weighted by atomic mass is 35.5. The molecule has 1 N–H and O–H groups in total. The summed E-state index contributed by atoms with van der Waals surface area (Å²) in [5.41, 5.74) is 3.08. The molecular weight excluding hydrogens is 409 g/mol. The summed E-state index contributed by atoms with van der Waals surface area (Å²) in [5.74, 6) is 1.15. The summed E-state index contributed by atoms with van der Waals surface area (Å²) in [7, 11) is 1.59. The summed E-state index contributed by atoms with van der Waals surface area (Å²) in [6.07, 6.45) is 0. The maximum atomic E-state index is 12.6. The first kappa shape index (κ1) is 21.0. The van der Waals surface area contributed by atoms with E-state index in [0.29, 0.717) is 33.7 Å².